The number of nitrogens with two attached hydrogens (primary N) is 1. The van der Waals surface area contributed by atoms with Crippen molar-refractivity contribution in [3.05, 3.63) is 60.2 Å². The molecule has 9 heteroatoms. The van der Waals surface area contributed by atoms with Crippen LogP contribution in [0.4, 0.5) is 5.82 Å². The molecule has 0 bridgehead atoms. The zero-order valence-corrected chi connectivity index (χ0v) is 17.1. The predicted molar refractivity (Wildman–Crippen MR) is 116 cm³/mol. The summed E-state index contributed by atoms with van der Waals surface area (Å²) < 4.78 is 1.59. The van der Waals surface area contributed by atoms with Crippen molar-refractivity contribution in [3.8, 4) is 28.7 Å². The first-order valence-electron chi connectivity index (χ1n) is 9.82. The molecule has 31 heavy (non-hydrogen) atoms. The van der Waals surface area contributed by atoms with E-state index in [1.54, 1.807) is 45.9 Å². The first-order valence-corrected chi connectivity index (χ1v) is 9.82. The van der Waals surface area contributed by atoms with Gasteiger partial charge < -0.3 is 10.6 Å². The minimum Gasteiger partial charge on any atom is -0.382 e. The molecule has 154 valence electrons. The molecule has 3 heterocycles. The largest absolute Gasteiger partial charge is 0.382 e. The molecule has 0 spiro atoms. The van der Waals surface area contributed by atoms with E-state index in [1.165, 1.54) is 6.33 Å². The topological polar surface area (TPSA) is 126 Å². The predicted octanol–water partition coefficient (Wildman–Crippen LogP) is 2.79. The molecule has 4 rings (SSSR count). The van der Waals surface area contributed by atoms with Crippen molar-refractivity contribution in [2.45, 2.75) is 13.8 Å². The highest BCUT2D eigenvalue weighted by molar-refractivity contribution is 5.95. The fourth-order valence-corrected chi connectivity index (χ4v) is 3.44. The van der Waals surface area contributed by atoms with Crippen molar-refractivity contribution >= 4 is 17.2 Å². The number of aromatic nitrogens is 5. The minimum absolute atomic E-state index is 0.185. The number of carbonyl (C=O) groups is 1. The quantitative estimate of drug-likeness (QED) is 0.534. The van der Waals surface area contributed by atoms with Crippen molar-refractivity contribution in [1.29, 1.82) is 5.26 Å². The van der Waals surface area contributed by atoms with Gasteiger partial charge in [0.25, 0.3) is 5.91 Å². The van der Waals surface area contributed by atoms with Crippen molar-refractivity contribution < 1.29 is 4.79 Å². The Morgan fingerprint density at radius 3 is 2.71 bits per heavy atom. The van der Waals surface area contributed by atoms with E-state index in [4.69, 9.17) is 5.73 Å². The fraction of sp³-hybridized carbons (Fsp3) is 0.182. The van der Waals surface area contributed by atoms with Crippen LogP contribution in [0.15, 0.2) is 48.9 Å². The van der Waals surface area contributed by atoms with Gasteiger partial charge in [0.15, 0.2) is 5.69 Å². The van der Waals surface area contributed by atoms with Crippen molar-refractivity contribution in [2.75, 3.05) is 18.8 Å². The van der Waals surface area contributed by atoms with Crippen LogP contribution in [-0.4, -0.2) is 48.5 Å². The van der Waals surface area contributed by atoms with Crippen molar-refractivity contribution in [2.24, 2.45) is 0 Å². The second kappa shape index (κ2) is 8.20. The van der Waals surface area contributed by atoms with E-state index in [-0.39, 0.29) is 17.4 Å². The molecule has 1 amide bonds. The van der Waals surface area contributed by atoms with E-state index in [1.807, 2.05) is 19.9 Å². The van der Waals surface area contributed by atoms with Gasteiger partial charge >= 0.3 is 0 Å². The van der Waals surface area contributed by atoms with Gasteiger partial charge in [-0.3, -0.25) is 4.79 Å². The highest BCUT2D eigenvalue weighted by Crippen LogP contribution is 2.32. The molecule has 4 aromatic rings. The van der Waals surface area contributed by atoms with Gasteiger partial charge in [-0.15, -0.1) is 0 Å². The molecule has 0 aliphatic rings. The van der Waals surface area contributed by atoms with E-state index in [0.29, 0.717) is 46.8 Å². The lowest BCUT2D eigenvalue weighted by atomic mass is 10.0. The van der Waals surface area contributed by atoms with Gasteiger partial charge in [-0.25, -0.2) is 19.5 Å². The summed E-state index contributed by atoms with van der Waals surface area (Å²) in [6.07, 6.45) is 3.05. The van der Waals surface area contributed by atoms with E-state index in [9.17, 15) is 10.1 Å². The van der Waals surface area contributed by atoms with Crippen molar-refractivity contribution in [1.82, 2.24) is 29.5 Å². The number of nitrogen functional groups attached to an aromatic ring is 1. The Kier molecular flexibility index (Phi) is 5.28. The van der Waals surface area contributed by atoms with Crippen LogP contribution in [0.25, 0.3) is 28.2 Å². The van der Waals surface area contributed by atoms with E-state index in [2.05, 4.69) is 26.1 Å². The maximum absolute atomic E-state index is 12.9. The Hall–Kier alpha value is -4.32. The Bertz CT molecular complexity index is 1300. The van der Waals surface area contributed by atoms with E-state index >= 15 is 0 Å². The van der Waals surface area contributed by atoms with Crippen LogP contribution in [0.2, 0.25) is 0 Å². The van der Waals surface area contributed by atoms with Crippen LogP contribution in [0.3, 0.4) is 0 Å². The summed E-state index contributed by atoms with van der Waals surface area (Å²) >= 11 is 0. The van der Waals surface area contributed by atoms with Gasteiger partial charge in [-0.2, -0.15) is 10.4 Å². The maximum Gasteiger partial charge on any atom is 0.274 e. The molecule has 0 aliphatic heterocycles. The summed E-state index contributed by atoms with van der Waals surface area (Å²) in [6.45, 7) is 4.98. The highest BCUT2D eigenvalue weighted by atomic mass is 16.2. The van der Waals surface area contributed by atoms with Crippen LogP contribution in [0.5, 0.6) is 0 Å². The van der Waals surface area contributed by atoms with Gasteiger partial charge in [0.05, 0.1) is 17.3 Å². The molecule has 0 saturated heterocycles. The second-order valence-corrected chi connectivity index (χ2v) is 6.79. The van der Waals surface area contributed by atoms with Crippen LogP contribution >= 0.6 is 0 Å². The Morgan fingerprint density at radius 2 is 2.03 bits per heavy atom. The summed E-state index contributed by atoms with van der Waals surface area (Å²) in [4.78, 5) is 27.5. The summed E-state index contributed by atoms with van der Waals surface area (Å²) in [7, 11) is 0. The zero-order valence-electron chi connectivity index (χ0n) is 17.1. The zero-order chi connectivity index (χ0) is 22.0. The molecule has 0 saturated carbocycles. The number of carbonyl (C=O) groups excluding carboxylic acids is 1. The highest BCUT2D eigenvalue weighted by Gasteiger charge is 2.23. The molecule has 0 aliphatic carbocycles. The molecule has 0 unspecified atom stereocenters. The number of benzene rings is 1. The molecular formula is C22H20N8O. The third-order valence-electron chi connectivity index (χ3n) is 5.00. The second-order valence-electron chi connectivity index (χ2n) is 6.79. The van der Waals surface area contributed by atoms with E-state index < -0.39 is 0 Å². The lowest BCUT2D eigenvalue weighted by Gasteiger charge is -2.16. The summed E-state index contributed by atoms with van der Waals surface area (Å²) in [5.41, 5.74) is 9.85. The number of amides is 1. The smallest absolute Gasteiger partial charge is 0.274 e. The van der Waals surface area contributed by atoms with Crippen molar-refractivity contribution in [3.63, 3.8) is 0 Å². The van der Waals surface area contributed by atoms with E-state index in [0.717, 1.165) is 0 Å². The Morgan fingerprint density at radius 1 is 1.23 bits per heavy atom. The Balaban J connectivity index is 2.02. The minimum atomic E-state index is -0.185. The number of rotatable bonds is 5. The number of nitrogens with zero attached hydrogens (tertiary/aromatic N) is 7. The van der Waals surface area contributed by atoms with Gasteiger partial charge in [0.1, 0.15) is 29.0 Å². The molecular weight excluding hydrogens is 392 g/mol. The number of hydrogen-bond donors (Lipinski definition) is 1. The maximum atomic E-state index is 12.9. The van der Waals surface area contributed by atoms with Crippen LogP contribution in [0, 0.1) is 11.3 Å². The van der Waals surface area contributed by atoms with Crippen LogP contribution in [-0.2, 0) is 0 Å². The summed E-state index contributed by atoms with van der Waals surface area (Å²) in [6, 6.07) is 12.6. The first kappa shape index (κ1) is 20.0. The monoisotopic (exact) mass is 412 g/mol. The van der Waals surface area contributed by atoms with Gasteiger partial charge in [-0.05, 0) is 32.0 Å². The third-order valence-corrected chi connectivity index (χ3v) is 5.00. The lowest BCUT2D eigenvalue weighted by Crippen LogP contribution is -2.30. The van der Waals surface area contributed by atoms with Crippen LogP contribution < -0.4 is 5.73 Å². The molecule has 2 N–H and O–H groups in total. The molecule has 1 aromatic carbocycles. The fourth-order valence-electron chi connectivity index (χ4n) is 3.44. The average molecular weight is 412 g/mol. The standard InChI is InChI=1S/C22H20N8O/c1-3-29(4-2)22(31)17-11-18-21(24)27-19(15-7-5-6-14(10-15)12-23)20(30(18)28-17)16-8-9-25-13-26-16/h5-11,13H,3-4H2,1-2H3,(H2,24,27). The number of anilines is 1. The summed E-state index contributed by atoms with van der Waals surface area (Å²) in [5, 5.41) is 13.9. The number of fused-ring (bicyclic) bond motifs is 1. The molecule has 0 radical (unpaired) electrons. The lowest BCUT2D eigenvalue weighted by molar-refractivity contribution is 0.0767. The average Bonchev–Trinajstić information content (AvgIpc) is 3.26. The SMILES string of the molecule is CCN(CC)C(=O)c1cc2c(N)nc(-c3cccc(C#N)c3)c(-c3ccncn3)n2n1. The summed E-state index contributed by atoms with van der Waals surface area (Å²) in [5.74, 6) is 0.0380. The normalized spacial score (nSPS) is 10.7. The molecule has 3 aromatic heterocycles. The first-order chi connectivity index (χ1) is 15.1. The van der Waals surface area contributed by atoms with Gasteiger partial charge in [0.2, 0.25) is 0 Å². The van der Waals surface area contributed by atoms with Crippen LogP contribution in [0.1, 0.15) is 29.9 Å². The number of nitriles is 1. The molecule has 0 atom stereocenters. The molecule has 0 fully saturated rings. The van der Waals surface area contributed by atoms with Gasteiger partial charge in [-0.1, -0.05) is 12.1 Å². The van der Waals surface area contributed by atoms with Gasteiger partial charge in [0, 0.05) is 30.9 Å². The number of hydrogen-bond acceptors (Lipinski definition) is 7. The third kappa shape index (κ3) is 3.55. The Labute approximate surface area is 178 Å². The molecule has 9 nitrogen and oxygen atoms in total.